The van der Waals surface area contributed by atoms with Crippen molar-refractivity contribution in [3.05, 3.63) is 17.8 Å². The van der Waals surface area contributed by atoms with Crippen LogP contribution in [-0.2, 0) is 0 Å². The van der Waals surface area contributed by atoms with E-state index in [4.69, 9.17) is 5.73 Å². The summed E-state index contributed by atoms with van der Waals surface area (Å²) in [6, 6.07) is 1.96. The minimum atomic E-state index is 0.219. The summed E-state index contributed by atoms with van der Waals surface area (Å²) < 4.78 is 0. The van der Waals surface area contributed by atoms with Crippen LogP contribution < -0.4 is 11.1 Å². The normalized spacial score (nSPS) is 18.7. The van der Waals surface area contributed by atoms with E-state index in [1.807, 2.05) is 19.2 Å². The second kappa shape index (κ2) is 3.15. The predicted octanol–water partition coefficient (Wildman–Crippen LogP) is 2.33. The molecule has 0 unspecified atom stereocenters. The molecular formula is C11H17N3. The second-order valence-electron chi connectivity index (χ2n) is 4.49. The summed E-state index contributed by atoms with van der Waals surface area (Å²) >= 11 is 0. The maximum atomic E-state index is 5.88. The number of aromatic nitrogens is 1. The van der Waals surface area contributed by atoms with Crippen LogP contribution in [0.5, 0.6) is 0 Å². The van der Waals surface area contributed by atoms with Crippen LogP contribution in [0.1, 0.15) is 31.7 Å². The van der Waals surface area contributed by atoms with Gasteiger partial charge in [-0.25, -0.2) is 4.98 Å². The highest BCUT2D eigenvalue weighted by atomic mass is 15.1. The van der Waals surface area contributed by atoms with Gasteiger partial charge in [-0.1, -0.05) is 0 Å². The summed E-state index contributed by atoms with van der Waals surface area (Å²) in [6.45, 7) is 4.22. The van der Waals surface area contributed by atoms with Crippen molar-refractivity contribution in [1.82, 2.24) is 4.98 Å². The molecule has 0 atom stereocenters. The third-order valence-corrected chi connectivity index (χ3v) is 2.93. The van der Waals surface area contributed by atoms with Crippen molar-refractivity contribution in [2.45, 2.75) is 38.6 Å². The molecule has 1 fully saturated rings. The lowest BCUT2D eigenvalue weighted by molar-refractivity contribution is 0.306. The molecule has 2 rings (SSSR count). The SMILES string of the molecule is Cc1cnc(NC2(C)CCC2)c(N)c1. The summed E-state index contributed by atoms with van der Waals surface area (Å²) in [5.41, 5.74) is 7.95. The van der Waals surface area contributed by atoms with Gasteiger partial charge in [0.15, 0.2) is 0 Å². The van der Waals surface area contributed by atoms with Crippen molar-refractivity contribution in [1.29, 1.82) is 0 Å². The molecule has 1 aromatic heterocycles. The molecular weight excluding hydrogens is 174 g/mol. The van der Waals surface area contributed by atoms with Crippen molar-refractivity contribution >= 4 is 11.5 Å². The van der Waals surface area contributed by atoms with Gasteiger partial charge >= 0.3 is 0 Å². The molecule has 0 aliphatic heterocycles. The van der Waals surface area contributed by atoms with E-state index >= 15 is 0 Å². The molecule has 0 aromatic carbocycles. The summed E-state index contributed by atoms with van der Waals surface area (Å²) in [5.74, 6) is 0.831. The van der Waals surface area contributed by atoms with E-state index in [1.54, 1.807) is 0 Å². The number of hydrogen-bond donors (Lipinski definition) is 2. The Morgan fingerprint density at radius 1 is 1.50 bits per heavy atom. The number of nitrogens with two attached hydrogens (primary N) is 1. The molecule has 1 aromatic rings. The fraction of sp³-hybridized carbons (Fsp3) is 0.545. The van der Waals surface area contributed by atoms with Crippen LogP contribution in [0.15, 0.2) is 12.3 Å². The van der Waals surface area contributed by atoms with Crippen LogP contribution >= 0.6 is 0 Å². The van der Waals surface area contributed by atoms with Crippen molar-refractivity contribution in [3.8, 4) is 0 Å². The third-order valence-electron chi connectivity index (χ3n) is 2.93. The molecule has 76 valence electrons. The summed E-state index contributed by atoms with van der Waals surface area (Å²) in [4.78, 5) is 4.31. The van der Waals surface area contributed by atoms with Gasteiger partial charge in [-0.3, -0.25) is 0 Å². The second-order valence-corrected chi connectivity index (χ2v) is 4.49. The summed E-state index contributed by atoms with van der Waals surface area (Å²) in [7, 11) is 0. The van der Waals surface area contributed by atoms with Gasteiger partial charge in [0.2, 0.25) is 0 Å². The third kappa shape index (κ3) is 1.67. The Bertz CT molecular complexity index is 342. The lowest BCUT2D eigenvalue weighted by atomic mass is 9.78. The van der Waals surface area contributed by atoms with Gasteiger partial charge in [0, 0.05) is 11.7 Å². The molecule has 0 amide bonds. The van der Waals surface area contributed by atoms with E-state index in [0.717, 1.165) is 17.1 Å². The highest BCUT2D eigenvalue weighted by molar-refractivity contribution is 5.62. The molecule has 3 N–H and O–H groups in total. The van der Waals surface area contributed by atoms with E-state index < -0.39 is 0 Å². The Morgan fingerprint density at radius 3 is 2.71 bits per heavy atom. The first-order chi connectivity index (χ1) is 6.59. The van der Waals surface area contributed by atoms with E-state index in [1.165, 1.54) is 19.3 Å². The number of anilines is 2. The zero-order valence-corrected chi connectivity index (χ0v) is 8.80. The molecule has 0 radical (unpaired) electrons. The molecule has 1 saturated carbocycles. The largest absolute Gasteiger partial charge is 0.396 e. The predicted molar refractivity (Wildman–Crippen MR) is 59.3 cm³/mol. The summed E-state index contributed by atoms with van der Waals surface area (Å²) in [5, 5.41) is 3.41. The Kier molecular flexibility index (Phi) is 2.10. The molecule has 0 saturated heterocycles. The molecule has 1 aliphatic rings. The van der Waals surface area contributed by atoms with Crippen LogP contribution in [0.4, 0.5) is 11.5 Å². The average Bonchev–Trinajstić information content (AvgIpc) is 2.07. The van der Waals surface area contributed by atoms with Gasteiger partial charge in [0.05, 0.1) is 5.69 Å². The van der Waals surface area contributed by atoms with Crippen LogP contribution in [0, 0.1) is 6.92 Å². The lowest BCUT2D eigenvalue weighted by Gasteiger charge is -2.39. The van der Waals surface area contributed by atoms with Crippen LogP contribution in [0.2, 0.25) is 0 Å². The Hall–Kier alpha value is -1.25. The van der Waals surface area contributed by atoms with Gasteiger partial charge in [-0.2, -0.15) is 0 Å². The maximum absolute atomic E-state index is 5.88. The zero-order chi connectivity index (χ0) is 10.2. The Balaban J connectivity index is 2.16. The van der Waals surface area contributed by atoms with Crippen LogP contribution in [0.25, 0.3) is 0 Å². The molecule has 1 heterocycles. The average molecular weight is 191 g/mol. The standard InChI is InChI=1S/C11H17N3/c1-8-6-9(12)10(13-7-8)14-11(2)4-3-5-11/h6-7H,3-5,12H2,1-2H3,(H,13,14). The molecule has 3 nitrogen and oxygen atoms in total. The number of pyridine rings is 1. The highest BCUT2D eigenvalue weighted by Crippen LogP contribution is 2.35. The van der Waals surface area contributed by atoms with E-state index in [9.17, 15) is 0 Å². The monoisotopic (exact) mass is 191 g/mol. The minimum absolute atomic E-state index is 0.219. The minimum Gasteiger partial charge on any atom is -0.396 e. The maximum Gasteiger partial charge on any atom is 0.149 e. The van der Waals surface area contributed by atoms with Gasteiger partial charge in [-0.15, -0.1) is 0 Å². The molecule has 1 aliphatic carbocycles. The highest BCUT2D eigenvalue weighted by Gasteiger charge is 2.32. The molecule has 3 heteroatoms. The van der Waals surface area contributed by atoms with Crippen LogP contribution in [-0.4, -0.2) is 10.5 Å². The summed E-state index contributed by atoms with van der Waals surface area (Å²) in [6.07, 6.45) is 5.57. The fourth-order valence-corrected chi connectivity index (χ4v) is 1.81. The smallest absolute Gasteiger partial charge is 0.149 e. The Labute approximate surface area is 84.7 Å². The van der Waals surface area contributed by atoms with Crippen molar-refractivity contribution in [2.24, 2.45) is 0 Å². The van der Waals surface area contributed by atoms with Crippen molar-refractivity contribution < 1.29 is 0 Å². The first kappa shape index (κ1) is 9.31. The van der Waals surface area contributed by atoms with Gasteiger partial charge in [0.25, 0.3) is 0 Å². The van der Waals surface area contributed by atoms with E-state index in [0.29, 0.717) is 0 Å². The number of aryl methyl sites for hydroxylation is 1. The molecule has 0 bridgehead atoms. The number of nitrogen functional groups attached to an aromatic ring is 1. The van der Waals surface area contributed by atoms with Crippen molar-refractivity contribution in [2.75, 3.05) is 11.1 Å². The number of nitrogens with zero attached hydrogens (tertiary/aromatic N) is 1. The molecule has 14 heavy (non-hydrogen) atoms. The van der Waals surface area contributed by atoms with Crippen molar-refractivity contribution in [3.63, 3.8) is 0 Å². The number of nitrogens with one attached hydrogen (secondary N) is 1. The first-order valence-corrected chi connectivity index (χ1v) is 5.09. The van der Waals surface area contributed by atoms with E-state index in [-0.39, 0.29) is 5.54 Å². The van der Waals surface area contributed by atoms with Crippen LogP contribution in [0.3, 0.4) is 0 Å². The van der Waals surface area contributed by atoms with Gasteiger partial charge in [0.1, 0.15) is 5.82 Å². The van der Waals surface area contributed by atoms with Gasteiger partial charge < -0.3 is 11.1 Å². The van der Waals surface area contributed by atoms with E-state index in [2.05, 4.69) is 17.2 Å². The zero-order valence-electron chi connectivity index (χ0n) is 8.80. The topological polar surface area (TPSA) is 50.9 Å². The fourth-order valence-electron chi connectivity index (χ4n) is 1.81. The molecule has 0 spiro atoms. The quantitative estimate of drug-likeness (QED) is 0.754. The number of rotatable bonds is 2. The Morgan fingerprint density at radius 2 is 2.21 bits per heavy atom. The van der Waals surface area contributed by atoms with Gasteiger partial charge in [-0.05, 0) is 44.7 Å². The first-order valence-electron chi connectivity index (χ1n) is 5.09. The lowest BCUT2D eigenvalue weighted by Crippen LogP contribution is -2.42. The number of hydrogen-bond acceptors (Lipinski definition) is 3.